The Labute approximate surface area is 149 Å². The molecule has 1 aromatic heterocycles. The summed E-state index contributed by atoms with van der Waals surface area (Å²) < 4.78 is 10.9. The molecule has 4 rings (SSSR count). The fourth-order valence-corrected chi connectivity index (χ4v) is 2.78. The van der Waals surface area contributed by atoms with E-state index in [2.05, 4.69) is 4.98 Å². The zero-order valence-electron chi connectivity index (χ0n) is 14.3. The van der Waals surface area contributed by atoms with Gasteiger partial charge in [0.15, 0.2) is 5.76 Å². The molecule has 0 unspecified atom stereocenters. The Morgan fingerprint density at radius 3 is 2.81 bits per heavy atom. The normalized spacial score (nSPS) is 14.4. The summed E-state index contributed by atoms with van der Waals surface area (Å²) in [7, 11) is 3.19. The van der Waals surface area contributed by atoms with Gasteiger partial charge in [0.1, 0.15) is 11.5 Å². The molecule has 0 radical (unpaired) electrons. The maximum Gasteiger partial charge on any atom is 0.414 e. The second kappa shape index (κ2) is 6.07. The zero-order chi connectivity index (χ0) is 18.3. The van der Waals surface area contributed by atoms with Gasteiger partial charge in [0.2, 0.25) is 5.78 Å². The quantitative estimate of drug-likeness (QED) is 0.714. The van der Waals surface area contributed by atoms with Gasteiger partial charge >= 0.3 is 6.09 Å². The molecule has 1 aliphatic rings. The van der Waals surface area contributed by atoms with Crippen LogP contribution in [0.25, 0.3) is 17.0 Å². The molecule has 0 aliphatic carbocycles. The van der Waals surface area contributed by atoms with Crippen LogP contribution >= 0.6 is 0 Å². The molecule has 0 saturated carbocycles. The lowest BCUT2D eigenvalue weighted by atomic mass is 10.1. The second-order valence-electron chi connectivity index (χ2n) is 6.15. The van der Waals surface area contributed by atoms with E-state index >= 15 is 0 Å². The molecule has 0 saturated heterocycles. The molecule has 130 valence electrons. The number of hydrogen-bond acceptors (Lipinski definition) is 4. The van der Waals surface area contributed by atoms with E-state index in [1.807, 2.05) is 30.5 Å². The van der Waals surface area contributed by atoms with E-state index in [-0.39, 0.29) is 11.5 Å². The van der Waals surface area contributed by atoms with E-state index in [0.717, 1.165) is 16.5 Å². The first kappa shape index (κ1) is 16.0. The van der Waals surface area contributed by atoms with E-state index in [1.165, 1.54) is 4.90 Å². The monoisotopic (exact) mass is 348 g/mol. The van der Waals surface area contributed by atoms with Crippen molar-refractivity contribution in [2.24, 2.45) is 0 Å². The number of rotatable bonds is 2. The largest absolute Gasteiger partial charge is 0.452 e. The smallest absolute Gasteiger partial charge is 0.414 e. The van der Waals surface area contributed by atoms with Crippen molar-refractivity contribution < 1.29 is 19.1 Å². The van der Waals surface area contributed by atoms with Crippen LogP contribution in [-0.2, 0) is 0 Å². The van der Waals surface area contributed by atoms with Crippen molar-refractivity contribution in [3.05, 3.63) is 65.5 Å². The molecule has 1 N–H and O–H groups in total. The number of H-pyrrole nitrogens is 1. The number of aromatic nitrogens is 1. The molecule has 2 heterocycles. The van der Waals surface area contributed by atoms with Crippen molar-refractivity contribution >= 4 is 28.9 Å². The molecule has 6 nitrogen and oxygen atoms in total. The molecule has 1 amide bonds. The number of hydrogen-bond donors (Lipinski definition) is 1. The second-order valence-corrected chi connectivity index (χ2v) is 6.15. The van der Waals surface area contributed by atoms with E-state index in [9.17, 15) is 9.59 Å². The topological polar surface area (TPSA) is 71.6 Å². The fourth-order valence-electron chi connectivity index (χ4n) is 2.78. The van der Waals surface area contributed by atoms with Crippen LogP contribution in [0.1, 0.15) is 15.9 Å². The third-order valence-electron chi connectivity index (χ3n) is 4.12. The number of fused-ring (bicyclic) bond motifs is 2. The highest BCUT2D eigenvalue weighted by Gasteiger charge is 2.28. The third kappa shape index (κ3) is 2.71. The van der Waals surface area contributed by atoms with Crippen molar-refractivity contribution in [2.45, 2.75) is 0 Å². The van der Waals surface area contributed by atoms with Gasteiger partial charge in [-0.3, -0.25) is 4.79 Å². The summed E-state index contributed by atoms with van der Waals surface area (Å²) in [4.78, 5) is 28.7. The number of nitrogens with one attached hydrogen (secondary N) is 1. The summed E-state index contributed by atoms with van der Waals surface area (Å²) in [6.45, 7) is 0. The van der Waals surface area contributed by atoms with Crippen LogP contribution in [0.5, 0.6) is 11.5 Å². The lowest BCUT2D eigenvalue weighted by Crippen LogP contribution is -2.25. The minimum Gasteiger partial charge on any atom is -0.452 e. The number of ether oxygens (including phenoxy) is 2. The first-order chi connectivity index (χ1) is 12.5. The number of aromatic amines is 1. The standard InChI is InChI=1S/C20H16N2O4/c1-22(2)20(24)25-13-7-8-15-17(10-13)26-18(19(15)23)9-12-11-21-16-6-4-3-5-14(12)16/h3-11,21H,1-2H3. The number of para-hydroxylation sites is 1. The average Bonchev–Trinajstić information content (AvgIpc) is 3.17. The molecule has 26 heavy (non-hydrogen) atoms. The first-order valence-electron chi connectivity index (χ1n) is 8.06. The van der Waals surface area contributed by atoms with Gasteiger partial charge in [-0.25, -0.2) is 4.79 Å². The van der Waals surface area contributed by atoms with Gasteiger partial charge in [0.05, 0.1) is 5.56 Å². The Hall–Kier alpha value is -3.54. The molecule has 0 atom stereocenters. The van der Waals surface area contributed by atoms with Crippen LogP contribution in [0, 0.1) is 0 Å². The van der Waals surface area contributed by atoms with Crippen molar-refractivity contribution in [1.82, 2.24) is 9.88 Å². The third-order valence-corrected chi connectivity index (χ3v) is 4.12. The van der Waals surface area contributed by atoms with Crippen molar-refractivity contribution in [3.63, 3.8) is 0 Å². The first-order valence-corrected chi connectivity index (χ1v) is 8.06. The number of nitrogens with zero attached hydrogens (tertiary/aromatic N) is 1. The Bertz CT molecular complexity index is 1060. The molecular weight excluding hydrogens is 332 g/mol. The predicted octanol–water partition coefficient (Wildman–Crippen LogP) is 3.84. The van der Waals surface area contributed by atoms with Gasteiger partial charge in [-0.2, -0.15) is 0 Å². The minimum atomic E-state index is -0.496. The van der Waals surface area contributed by atoms with Gasteiger partial charge in [0, 0.05) is 42.8 Å². The lowest BCUT2D eigenvalue weighted by Gasteiger charge is -2.10. The number of Topliss-reactive ketones (excluding diaryl/α,β-unsaturated/α-hetero) is 1. The van der Waals surface area contributed by atoms with E-state index in [0.29, 0.717) is 17.1 Å². The van der Waals surface area contributed by atoms with Crippen molar-refractivity contribution in [3.8, 4) is 11.5 Å². The zero-order valence-corrected chi connectivity index (χ0v) is 14.3. The SMILES string of the molecule is CN(C)C(=O)Oc1ccc2c(c1)OC(=Cc1c[nH]c3ccccc13)C2=O. The summed E-state index contributed by atoms with van der Waals surface area (Å²) in [5, 5.41) is 1.01. The molecule has 2 aromatic carbocycles. The van der Waals surface area contributed by atoms with Crippen LogP contribution in [0.3, 0.4) is 0 Å². The molecule has 1 aliphatic heterocycles. The van der Waals surface area contributed by atoms with E-state index < -0.39 is 6.09 Å². The number of carbonyl (C=O) groups excluding carboxylic acids is 2. The van der Waals surface area contributed by atoms with Crippen molar-refractivity contribution in [2.75, 3.05) is 14.1 Å². The van der Waals surface area contributed by atoms with Gasteiger partial charge in [-0.1, -0.05) is 18.2 Å². The number of benzene rings is 2. The van der Waals surface area contributed by atoms with Gasteiger partial charge in [-0.05, 0) is 24.3 Å². The fraction of sp³-hybridized carbons (Fsp3) is 0.100. The van der Waals surface area contributed by atoms with Crippen LogP contribution < -0.4 is 9.47 Å². The van der Waals surface area contributed by atoms with Gasteiger partial charge in [-0.15, -0.1) is 0 Å². The number of allylic oxidation sites excluding steroid dienone is 1. The summed E-state index contributed by atoms with van der Waals surface area (Å²) in [6.07, 6.45) is 3.05. The number of amides is 1. The van der Waals surface area contributed by atoms with Crippen molar-refractivity contribution in [1.29, 1.82) is 0 Å². The highest BCUT2D eigenvalue weighted by molar-refractivity contribution is 6.15. The van der Waals surface area contributed by atoms with Crippen LogP contribution in [-0.4, -0.2) is 35.9 Å². The molecular formula is C20H16N2O4. The summed E-state index contributed by atoms with van der Waals surface area (Å²) in [5.41, 5.74) is 2.30. The van der Waals surface area contributed by atoms with Gasteiger partial charge in [0.25, 0.3) is 0 Å². The highest BCUT2D eigenvalue weighted by Crippen LogP contribution is 2.35. The highest BCUT2D eigenvalue weighted by atomic mass is 16.6. The van der Waals surface area contributed by atoms with Crippen LogP contribution in [0.4, 0.5) is 4.79 Å². The Kier molecular flexibility index (Phi) is 3.73. The average molecular weight is 348 g/mol. The number of ketones is 1. The van der Waals surface area contributed by atoms with Crippen LogP contribution in [0.15, 0.2) is 54.4 Å². The number of carbonyl (C=O) groups is 2. The van der Waals surface area contributed by atoms with E-state index in [4.69, 9.17) is 9.47 Å². The Morgan fingerprint density at radius 1 is 1.19 bits per heavy atom. The van der Waals surface area contributed by atoms with E-state index in [1.54, 1.807) is 38.4 Å². The predicted molar refractivity (Wildman–Crippen MR) is 97.4 cm³/mol. The Morgan fingerprint density at radius 2 is 2.00 bits per heavy atom. The summed E-state index contributed by atoms with van der Waals surface area (Å²) in [6, 6.07) is 12.6. The maximum absolute atomic E-state index is 12.6. The van der Waals surface area contributed by atoms with Crippen LogP contribution in [0.2, 0.25) is 0 Å². The Balaban J connectivity index is 1.64. The lowest BCUT2D eigenvalue weighted by molar-refractivity contribution is 0.101. The minimum absolute atomic E-state index is 0.198. The summed E-state index contributed by atoms with van der Waals surface area (Å²) in [5.74, 6) is 0.741. The van der Waals surface area contributed by atoms with Gasteiger partial charge < -0.3 is 19.4 Å². The molecule has 3 aromatic rings. The summed E-state index contributed by atoms with van der Waals surface area (Å²) >= 11 is 0. The molecule has 0 spiro atoms. The molecule has 0 bridgehead atoms. The molecule has 0 fully saturated rings. The maximum atomic E-state index is 12.6. The molecule has 6 heteroatoms.